The lowest BCUT2D eigenvalue weighted by Crippen LogP contribution is -2.46. The van der Waals surface area contributed by atoms with E-state index < -0.39 is 0 Å². The average Bonchev–Trinajstić information content (AvgIpc) is 3.38. The van der Waals surface area contributed by atoms with Gasteiger partial charge in [0.25, 0.3) is 5.56 Å². The van der Waals surface area contributed by atoms with Crippen molar-refractivity contribution in [2.75, 3.05) is 32.7 Å². The van der Waals surface area contributed by atoms with Gasteiger partial charge in [-0.25, -0.2) is 14.8 Å². The molecule has 10 heteroatoms. The van der Waals surface area contributed by atoms with Gasteiger partial charge in [-0.1, -0.05) is 6.07 Å². The van der Waals surface area contributed by atoms with Crippen molar-refractivity contribution in [1.29, 1.82) is 0 Å². The fourth-order valence-electron chi connectivity index (χ4n) is 4.51. The van der Waals surface area contributed by atoms with E-state index in [0.717, 1.165) is 57.0 Å². The van der Waals surface area contributed by atoms with Crippen LogP contribution in [-0.2, 0) is 27.2 Å². The summed E-state index contributed by atoms with van der Waals surface area (Å²) in [6, 6.07) is 6.03. The van der Waals surface area contributed by atoms with Crippen LogP contribution in [0.2, 0.25) is 0 Å². The topological polar surface area (TPSA) is 85.6 Å². The number of pyridine rings is 1. The smallest absolute Gasteiger partial charge is 0.328 e. The molecule has 5 rings (SSSR count). The first kappa shape index (κ1) is 20.7. The lowest BCUT2D eigenvalue weighted by atomic mass is 10.2. The fraction of sp³-hybridized carbons (Fsp3) is 0.455. The molecule has 0 N–H and O–H groups in total. The molecule has 0 amide bonds. The van der Waals surface area contributed by atoms with E-state index in [1.807, 2.05) is 24.4 Å². The van der Waals surface area contributed by atoms with Gasteiger partial charge < -0.3 is 13.9 Å². The van der Waals surface area contributed by atoms with Gasteiger partial charge in [0.05, 0.1) is 12.0 Å². The number of piperazine rings is 1. The number of hydrogen-bond acceptors (Lipinski definition) is 6. The van der Waals surface area contributed by atoms with E-state index in [1.165, 1.54) is 9.13 Å². The van der Waals surface area contributed by atoms with Crippen LogP contribution in [0.4, 0.5) is 0 Å². The normalized spacial score (nSPS) is 15.8. The molecule has 1 saturated heterocycles. The van der Waals surface area contributed by atoms with Gasteiger partial charge in [0.2, 0.25) is 0 Å². The van der Waals surface area contributed by atoms with Crippen molar-refractivity contribution in [2.24, 2.45) is 14.1 Å². The highest BCUT2D eigenvalue weighted by atomic mass is 16.2. The van der Waals surface area contributed by atoms with E-state index in [2.05, 4.69) is 25.4 Å². The van der Waals surface area contributed by atoms with Crippen molar-refractivity contribution in [1.82, 2.24) is 37.9 Å². The van der Waals surface area contributed by atoms with Crippen LogP contribution in [0.3, 0.4) is 0 Å². The van der Waals surface area contributed by atoms with Gasteiger partial charge in [0, 0.05) is 65.8 Å². The SMILES string of the molecule is Cn1cnc2c1c(=O)n(CCCN1CCN(Cc3cn4ccccc4n3)CC1)c(=O)n2C. The summed E-state index contributed by atoms with van der Waals surface area (Å²) in [6.07, 6.45) is 6.44. The van der Waals surface area contributed by atoms with Gasteiger partial charge in [0.1, 0.15) is 5.65 Å². The Morgan fingerprint density at radius 3 is 2.56 bits per heavy atom. The second kappa shape index (κ2) is 8.36. The third-order valence-electron chi connectivity index (χ3n) is 6.32. The molecule has 0 atom stereocenters. The van der Waals surface area contributed by atoms with Crippen LogP contribution in [0.25, 0.3) is 16.8 Å². The highest BCUT2D eigenvalue weighted by Crippen LogP contribution is 2.10. The molecule has 4 aromatic rings. The Hall–Kier alpha value is -3.24. The highest BCUT2D eigenvalue weighted by molar-refractivity contribution is 5.69. The van der Waals surface area contributed by atoms with Crippen LogP contribution in [0.15, 0.2) is 46.5 Å². The summed E-state index contributed by atoms with van der Waals surface area (Å²) in [4.78, 5) is 39.1. The van der Waals surface area contributed by atoms with Gasteiger partial charge >= 0.3 is 5.69 Å². The van der Waals surface area contributed by atoms with Gasteiger partial charge in [-0.2, -0.15) is 0 Å². The summed E-state index contributed by atoms with van der Waals surface area (Å²) in [5.41, 5.74) is 2.39. The predicted octanol–water partition coefficient (Wildman–Crippen LogP) is 0.289. The summed E-state index contributed by atoms with van der Waals surface area (Å²) < 4.78 is 6.52. The van der Waals surface area contributed by atoms with Crippen molar-refractivity contribution in [2.45, 2.75) is 19.5 Å². The molecule has 4 aromatic heterocycles. The zero-order chi connectivity index (χ0) is 22.2. The fourth-order valence-corrected chi connectivity index (χ4v) is 4.51. The van der Waals surface area contributed by atoms with Crippen molar-refractivity contribution in [3.63, 3.8) is 0 Å². The summed E-state index contributed by atoms with van der Waals surface area (Å²) in [5, 5.41) is 0. The largest absolute Gasteiger partial charge is 0.332 e. The number of aryl methyl sites for hydroxylation is 2. The minimum atomic E-state index is -0.307. The monoisotopic (exact) mass is 436 g/mol. The summed E-state index contributed by atoms with van der Waals surface area (Å²) in [7, 11) is 3.44. The molecule has 0 aliphatic carbocycles. The molecule has 0 radical (unpaired) electrons. The third-order valence-corrected chi connectivity index (χ3v) is 6.32. The first-order valence-corrected chi connectivity index (χ1v) is 11.0. The van der Waals surface area contributed by atoms with Crippen LogP contribution in [0.5, 0.6) is 0 Å². The first-order chi connectivity index (χ1) is 15.5. The van der Waals surface area contributed by atoms with Crippen molar-refractivity contribution in [3.05, 3.63) is 63.5 Å². The number of fused-ring (bicyclic) bond motifs is 2. The zero-order valence-corrected chi connectivity index (χ0v) is 18.5. The number of imidazole rings is 2. The Balaban J connectivity index is 1.16. The van der Waals surface area contributed by atoms with E-state index in [4.69, 9.17) is 4.98 Å². The number of rotatable bonds is 6. The summed E-state index contributed by atoms with van der Waals surface area (Å²) in [6.45, 7) is 6.04. The zero-order valence-electron chi connectivity index (χ0n) is 18.5. The van der Waals surface area contributed by atoms with E-state index in [9.17, 15) is 9.59 Å². The van der Waals surface area contributed by atoms with Crippen LogP contribution in [0.1, 0.15) is 12.1 Å². The number of hydrogen-bond donors (Lipinski definition) is 0. The van der Waals surface area contributed by atoms with Crippen molar-refractivity contribution >= 4 is 16.8 Å². The molecule has 0 unspecified atom stereocenters. The molecule has 0 bridgehead atoms. The van der Waals surface area contributed by atoms with Gasteiger partial charge in [-0.05, 0) is 25.1 Å². The molecule has 0 aromatic carbocycles. The average molecular weight is 437 g/mol. The van der Waals surface area contributed by atoms with Crippen LogP contribution in [-0.4, -0.2) is 70.6 Å². The minimum Gasteiger partial charge on any atom is -0.328 e. The lowest BCUT2D eigenvalue weighted by Gasteiger charge is -2.34. The van der Waals surface area contributed by atoms with Gasteiger partial charge in [-0.15, -0.1) is 0 Å². The predicted molar refractivity (Wildman–Crippen MR) is 122 cm³/mol. The van der Waals surface area contributed by atoms with Gasteiger partial charge in [-0.3, -0.25) is 18.8 Å². The molecule has 10 nitrogen and oxygen atoms in total. The van der Waals surface area contributed by atoms with Gasteiger partial charge in [0.15, 0.2) is 11.2 Å². The quantitative estimate of drug-likeness (QED) is 0.432. The van der Waals surface area contributed by atoms with Crippen LogP contribution < -0.4 is 11.2 Å². The first-order valence-electron chi connectivity index (χ1n) is 11.0. The molecule has 0 spiro atoms. The molecular weight excluding hydrogens is 408 g/mol. The highest BCUT2D eigenvalue weighted by Gasteiger charge is 2.19. The summed E-state index contributed by atoms with van der Waals surface area (Å²) >= 11 is 0. The minimum absolute atomic E-state index is 0.264. The summed E-state index contributed by atoms with van der Waals surface area (Å²) in [5.74, 6) is 0. The molecular formula is C22H28N8O2. The molecule has 0 saturated carbocycles. The Kier molecular flexibility index (Phi) is 5.40. The van der Waals surface area contributed by atoms with E-state index in [-0.39, 0.29) is 11.2 Å². The molecule has 168 valence electrons. The second-order valence-corrected chi connectivity index (χ2v) is 8.50. The van der Waals surface area contributed by atoms with Crippen molar-refractivity contribution in [3.8, 4) is 0 Å². The van der Waals surface area contributed by atoms with E-state index >= 15 is 0 Å². The third kappa shape index (κ3) is 3.76. The Labute approximate surface area is 184 Å². The Morgan fingerprint density at radius 1 is 1.00 bits per heavy atom. The Morgan fingerprint density at radius 2 is 1.78 bits per heavy atom. The maximum Gasteiger partial charge on any atom is 0.332 e. The Bertz CT molecular complexity index is 1340. The van der Waals surface area contributed by atoms with Crippen molar-refractivity contribution < 1.29 is 0 Å². The van der Waals surface area contributed by atoms with Crippen LogP contribution in [0, 0.1) is 0 Å². The molecule has 1 aliphatic heterocycles. The van der Waals surface area contributed by atoms with E-state index in [1.54, 1.807) is 25.0 Å². The molecule has 1 aliphatic rings. The number of aromatic nitrogens is 6. The standard InChI is InChI=1S/C22H28N8O2/c1-25-16-23-20-19(25)21(31)30(22(32)26(20)2)9-5-7-27-10-12-28(13-11-27)14-17-15-29-8-4-3-6-18(29)24-17/h3-4,6,8,15-16H,5,7,9-14H2,1-2H3. The maximum absolute atomic E-state index is 12.8. The lowest BCUT2D eigenvalue weighted by molar-refractivity contribution is 0.124. The van der Waals surface area contributed by atoms with E-state index in [0.29, 0.717) is 17.7 Å². The maximum atomic E-state index is 12.8. The second-order valence-electron chi connectivity index (χ2n) is 8.50. The molecule has 32 heavy (non-hydrogen) atoms. The number of nitrogens with zero attached hydrogens (tertiary/aromatic N) is 8. The van der Waals surface area contributed by atoms with Crippen LogP contribution >= 0.6 is 0 Å². The molecule has 1 fully saturated rings. The molecule has 5 heterocycles.